The highest BCUT2D eigenvalue weighted by Gasteiger charge is 2.60. The summed E-state index contributed by atoms with van der Waals surface area (Å²) in [6.45, 7) is 9.98. The van der Waals surface area contributed by atoms with Gasteiger partial charge in [0.1, 0.15) is 37.6 Å². The van der Waals surface area contributed by atoms with Crippen molar-refractivity contribution in [2.24, 2.45) is 17.8 Å². The van der Waals surface area contributed by atoms with E-state index in [1.807, 2.05) is 41.5 Å². The van der Waals surface area contributed by atoms with Crippen LogP contribution in [0.1, 0.15) is 87.0 Å². The molecule has 47 heavy (non-hydrogen) atoms. The Kier molecular flexibility index (Phi) is 16.4. The molecule has 15 nitrogen and oxygen atoms in total. The maximum absolute atomic E-state index is 13.3. The Hall–Kier alpha value is -2.40. The standard InChI is InChI=1S/C32H54O15/c1-8-17(4)11-23(36)43-27-22(15-41-20(7)35)42-31(47-32(16-34)30(40)26(39)21(14-33)46-32)29(45-25(38)13-19(6)10-3)28(27)44-24(37)12-18(5)9-2/h17-19,21-22,26-31,33-34,39-40H,8-16H2,1-7H3. The first-order valence-corrected chi connectivity index (χ1v) is 16.5. The molecule has 0 aliphatic carbocycles. The van der Waals surface area contributed by atoms with Crippen LogP contribution >= 0.6 is 0 Å². The third-order valence-corrected chi connectivity index (χ3v) is 8.70. The van der Waals surface area contributed by atoms with Gasteiger partial charge < -0.3 is 53.6 Å². The largest absolute Gasteiger partial charge is 0.463 e. The normalized spacial score (nSPS) is 32.6. The lowest BCUT2D eigenvalue weighted by Gasteiger charge is -2.46. The highest BCUT2D eigenvalue weighted by atomic mass is 16.8. The van der Waals surface area contributed by atoms with Crippen LogP contribution in [0.3, 0.4) is 0 Å². The molecule has 0 saturated carbocycles. The molecule has 0 aromatic rings. The summed E-state index contributed by atoms with van der Waals surface area (Å²) in [4.78, 5) is 51.5. The Morgan fingerprint density at radius 2 is 1.21 bits per heavy atom. The summed E-state index contributed by atoms with van der Waals surface area (Å²) in [7, 11) is 0. The van der Waals surface area contributed by atoms with E-state index < -0.39 is 98.5 Å². The third kappa shape index (κ3) is 11.3. The van der Waals surface area contributed by atoms with Crippen LogP contribution in [0.2, 0.25) is 0 Å². The molecule has 272 valence electrons. The van der Waals surface area contributed by atoms with Gasteiger partial charge in [0.05, 0.1) is 6.61 Å². The lowest BCUT2D eigenvalue weighted by Crippen LogP contribution is -2.65. The van der Waals surface area contributed by atoms with Crippen molar-refractivity contribution in [3.63, 3.8) is 0 Å². The fourth-order valence-electron chi connectivity index (χ4n) is 5.06. The summed E-state index contributed by atoms with van der Waals surface area (Å²) < 4.78 is 40.4. The Morgan fingerprint density at radius 3 is 1.62 bits per heavy atom. The van der Waals surface area contributed by atoms with Crippen LogP contribution in [0, 0.1) is 17.8 Å². The maximum Gasteiger partial charge on any atom is 0.306 e. The van der Waals surface area contributed by atoms with Crippen LogP contribution in [0.15, 0.2) is 0 Å². The van der Waals surface area contributed by atoms with Crippen molar-refractivity contribution in [1.29, 1.82) is 0 Å². The quantitative estimate of drug-likeness (QED) is 0.118. The van der Waals surface area contributed by atoms with Crippen LogP contribution in [0.25, 0.3) is 0 Å². The number of aliphatic hydroxyl groups excluding tert-OH is 4. The number of hydrogen-bond acceptors (Lipinski definition) is 15. The topological polar surface area (TPSA) is 214 Å². The Bertz CT molecular complexity index is 1020. The minimum absolute atomic E-state index is 0.00664. The van der Waals surface area contributed by atoms with E-state index in [2.05, 4.69) is 0 Å². The highest BCUT2D eigenvalue weighted by Crippen LogP contribution is 2.38. The SMILES string of the molecule is CCC(C)CC(=O)OC1C(COC(C)=O)OC(OC2(CO)OC(CO)C(O)C2O)C(OC(=O)CC(C)CC)C1OC(=O)CC(C)CC. The summed E-state index contributed by atoms with van der Waals surface area (Å²) in [6, 6.07) is 0. The van der Waals surface area contributed by atoms with Crippen LogP contribution < -0.4 is 0 Å². The lowest BCUT2D eigenvalue weighted by molar-refractivity contribution is -0.384. The molecule has 0 radical (unpaired) electrons. The summed E-state index contributed by atoms with van der Waals surface area (Å²) in [6.07, 6.45) is -11.1. The first-order valence-electron chi connectivity index (χ1n) is 16.5. The van der Waals surface area contributed by atoms with Crippen molar-refractivity contribution in [2.45, 2.75) is 142 Å². The van der Waals surface area contributed by atoms with Crippen molar-refractivity contribution in [3.8, 4) is 0 Å². The molecule has 0 aromatic carbocycles. The number of esters is 4. The second kappa shape index (κ2) is 19.0. The zero-order chi connectivity index (χ0) is 35.5. The highest BCUT2D eigenvalue weighted by molar-refractivity contribution is 5.72. The molecule has 0 aromatic heterocycles. The summed E-state index contributed by atoms with van der Waals surface area (Å²) in [5.41, 5.74) is 0. The zero-order valence-corrected chi connectivity index (χ0v) is 28.5. The first kappa shape index (κ1) is 40.8. The predicted octanol–water partition coefficient (Wildman–Crippen LogP) is 1.14. The van der Waals surface area contributed by atoms with Crippen molar-refractivity contribution in [2.75, 3.05) is 19.8 Å². The van der Waals surface area contributed by atoms with Crippen molar-refractivity contribution < 1.29 is 72.8 Å². The van der Waals surface area contributed by atoms with Gasteiger partial charge in [-0.2, -0.15) is 0 Å². The molecule has 0 bridgehead atoms. The van der Waals surface area contributed by atoms with Gasteiger partial charge in [0.15, 0.2) is 18.3 Å². The van der Waals surface area contributed by atoms with Gasteiger partial charge >= 0.3 is 23.9 Å². The van der Waals surface area contributed by atoms with E-state index in [0.717, 1.165) is 6.92 Å². The van der Waals surface area contributed by atoms with E-state index in [0.29, 0.717) is 19.3 Å². The Balaban J connectivity index is 2.67. The predicted molar refractivity (Wildman–Crippen MR) is 162 cm³/mol. The smallest absolute Gasteiger partial charge is 0.306 e. The summed E-state index contributed by atoms with van der Waals surface area (Å²) in [5, 5.41) is 41.3. The van der Waals surface area contributed by atoms with Gasteiger partial charge in [-0.05, 0) is 17.8 Å². The molecule has 2 aliphatic rings. The Labute approximate surface area is 276 Å². The fraction of sp³-hybridized carbons (Fsp3) is 0.875. The van der Waals surface area contributed by atoms with Crippen LogP contribution in [-0.2, 0) is 52.3 Å². The van der Waals surface area contributed by atoms with E-state index in [-0.39, 0.29) is 37.0 Å². The molecule has 15 heteroatoms. The van der Waals surface area contributed by atoms with Crippen molar-refractivity contribution in [1.82, 2.24) is 0 Å². The van der Waals surface area contributed by atoms with E-state index >= 15 is 0 Å². The van der Waals surface area contributed by atoms with Crippen molar-refractivity contribution in [3.05, 3.63) is 0 Å². The van der Waals surface area contributed by atoms with E-state index in [1.54, 1.807) is 0 Å². The molecule has 2 heterocycles. The number of hydrogen-bond donors (Lipinski definition) is 4. The van der Waals surface area contributed by atoms with Gasteiger partial charge in [-0.25, -0.2) is 0 Å². The first-order chi connectivity index (χ1) is 22.1. The molecule has 2 aliphatic heterocycles. The van der Waals surface area contributed by atoms with E-state index in [1.165, 1.54) is 0 Å². The second-order valence-corrected chi connectivity index (χ2v) is 12.7. The number of ether oxygens (including phenoxy) is 7. The molecule has 12 atom stereocenters. The zero-order valence-electron chi connectivity index (χ0n) is 28.5. The minimum atomic E-state index is -2.41. The third-order valence-electron chi connectivity index (χ3n) is 8.70. The lowest BCUT2D eigenvalue weighted by atomic mass is 9.96. The maximum atomic E-state index is 13.3. The number of carbonyl (C=O) groups excluding carboxylic acids is 4. The van der Waals surface area contributed by atoms with E-state index in [9.17, 15) is 39.6 Å². The molecule has 0 spiro atoms. The fourth-order valence-corrected chi connectivity index (χ4v) is 5.06. The second-order valence-electron chi connectivity index (χ2n) is 12.7. The molecule has 0 amide bonds. The monoisotopic (exact) mass is 678 g/mol. The van der Waals surface area contributed by atoms with Gasteiger partial charge in [0.2, 0.25) is 12.1 Å². The van der Waals surface area contributed by atoms with Gasteiger partial charge in [-0.3, -0.25) is 19.2 Å². The van der Waals surface area contributed by atoms with Gasteiger partial charge in [0, 0.05) is 26.2 Å². The van der Waals surface area contributed by atoms with Crippen LogP contribution in [0.5, 0.6) is 0 Å². The number of aliphatic hydroxyl groups is 4. The molecule has 4 N–H and O–H groups in total. The average Bonchev–Trinajstić information content (AvgIpc) is 3.27. The molecule has 2 fully saturated rings. The van der Waals surface area contributed by atoms with Crippen LogP contribution in [0.4, 0.5) is 0 Å². The Morgan fingerprint density at radius 1 is 0.745 bits per heavy atom. The molecule has 2 saturated heterocycles. The van der Waals surface area contributed by atoms with Gasteiger partial charge in [-0.15, -0.1) is 0 Å². The molecular weight excluding hydrogens is 624 g/mol. The van der Waals surface area contributed by atoms with Gasteiger partial charge in [-0.1, -0.05) is 60.8 Å². The van der Waals surface area contributed by atoms with Gasteiger partial charge in [0.25, 0.3) is 0 Å². The molecule has 12 unspecified atom stereocenters. The summed E-state index contributed by atoms with van der Waals surface area (Å²) >= 11 is 0. The summed E-state index contributed by atoms with van der Waals surface area (Å²) in [5.74, 6) is -5.53. The van der Waals surface area contributed by atoms with Crippen molar-refractivity contribution >= 4 is 23.9 Å². The molecular formula is C32H54O15. The number of carbonyl (C=O) groups is 4. The average molecular weight is 679 g/mol. The number of rotatable bonds is 18. The van der Waals surface area contributed by atoms with Crippen LogP contribution in [-0.4, -0.2) is 119 Å². The molecule has 2 rings (SSSR count). The minimum Gasteiger partial charge on any atom is -0.463 e. The van der Waals surface area contributed by atoms with E-state index in [4.69, 9.17) is 33.2 Å².